The molecule has 0 aromatic heterocycles. The number of anilines is 1. The number of nitro groups is 1. The van der Waals surface area contributed by atoms with Gasteiger partial charge in [0.1, 0.15) is 5.69 Å². The van der Waals surface area contributed by atoms with Gasteiger partial charge in [-0.3, -0.25) is 16.0 Å². The van der Waals surface area contributed by atoms with Gasteiger partial charge < -0.3 is 10.5 Å². The van der Waals surface area contributed by atoms with E-state index in [4.69, 9.17) is 10.9 Å². The highest BCUT2D eigenvalue weighted by molar-refractivity contribution is 5.64. The molecule has 0 aliphatic carbocycles. The van der Waals surface area contributed by atoms with Crippen LogP contribution in [0.5, 0.6) is 0 Å². The molecule has 0 fully saturated rings. The second kappa shape index (κ2) is 3.83. The molecule has 0 saturated heterocycles. The lowest BCUT2D eigenvalue weighted by atomic mass is 10.1. The number of nitrogen functional groups attached to an aromatic ring is 1. The maximum Gasteiger partial charge on any atom is 0.299 e. The van der Waals surface area contributed by atoms with E-state index < -0.39 is 4.92 Å². The van der Waals surface area contributed by atoms with Gasteiger partial charge in [-0.1, -0.05) is 6.07 Å². The summed E-state index contributed by atoms with van der Waals surface area (Å²) in [5, 5.41) is 19.4. The zero-order chi connectivity index (χ0) is 9.84. The zero-order valence-electron chi connectivity index (χ0n) is 6.73. The smallest absolute Gasteiger partial charge is 0.299 e. The van der Waals surface area contributed by atoms with Crippen LogP contribution in [0.1, 0.15) is 5.56 Å². The highest BCUT2D eigenvalue weighted by Gasteiger charge is 2.17. The number of nitrogens with two attached hydrogens (primary N) is 1. The number of para-hydroxylation sites is 1. The summed E-state index contributed by atoms with van der Waals surface area (Å²) in [7, 11) is 0. The molecule has 0 aliphatic heterocycles. The maximum absolute atomic E-state index is 10.6. The monoisotopic (exact) mass is 183 g/mol. The molecule has 1 aromatic carbocycles. The Morgan fingerprint density at radius 1 is 1.62 bits per heavy atom. The van der Waals surface area contributed by atoms with Gasteiger partial charge in [0.15, 0.2) is 0 Å². The summed E-state index contributed by atoms with van der Waals surface area (Å²) in [5.41, 5.74) is 2.44. The molecule has 1 rings (SSSR count). The van der Waals surface area contributed by atoms with Crippen molar-refractivity contribution in [2.75, 3.05) is 5.43 Å². The van der Waals surface area contributed by atoms with Crippen molar-refractivity contribution < 1.29 is 10.0 Å². The first-order valence-corrected chi connectivity index (χ1v) is 3.54. The minimum atomic E-state index is -0.583. The van der Waals surface area contributed by atoms with Crippen molar-refractivity contribution in [3.63, 3.8) is 0 Å². The van der Waals surface area contributed by atoms with Crippen LogP contribution in [0.2, 0.25) is 0 Å². The van der Waals surface area contributed by atoms with Crippen LogP contribution in [0, 0.1) is 10.1 Å². The van der Waals surface area contributed by atoms with Gasteiger partial charge in [-0.05, 0) is 12.1 Å². The molecule has 0 amide bonds. The van der Waals surface area contributed by atoms with Crippen LogP contribution in [0.3, 0.4) is 0 Å². The molecule has 0 atom stereocenters. The average Bonchev–Trinajstić information content (AvgIpc) is 2.16. The molecular formula is C7H9N3O3. The maximum atomic E-state index is 10.6. The number of hydrazine groups is 1. The fraction of sp³-hybridized carbons (Fsp3) is 0.143. The Hall–Kier alpha value is -1.66. The third-order valence-electron chi connectivity index (χ3n) is 1.63. The molecule has 0 saturated carbocycles. The van der Waals surface area contributed by atoms with Crippen molar-refractivity contribution in [2.45, 2.75) is 6.61 Å². The lowest BCUT2D eigenvalue weighted by Crippen LogP contribution is -2.10. The van der Waals surface area contributed by atoms with Crippen LogP contribution in [0.15, 0.2) is 18.2 Å². The van der Waals surface area contributed by atoms with Crippen molar-refractivity contribution in [3.05, 3.63) is 33.9 Å². The van der Waals surface area contributed by atoms with Crippen molar-refractivity contribution in [1.82, 2.24) is 0 Å². The summed E-state index contributed by atoms with van der Waals surface area (Å²) in [4.78, 5) is 9.98. The van der Waals surface area contributed by atoms with E-state index in [9.17, 15) is 10.1 Å². The predicted octanol–water partition coefficient (Wildman–Crippen LogP) is 0.373. The van der Waals surface area contributed by atoms with Crippen molar-refractivity contribution >= 4 is 11.4 Å². The highest BCUT2D eigenvalue weighted by atomic mass is 16.6. The molecule has 0 radical (unpaired) electrons. The summed E-state index contributed by atoms with van der Waals surface area (Å²) in [6, 6.07) is 4.52. The first-order valence-electron chi connectivity index (χ1n) is 3.54. The van der Waals surface area contributed by atoms with Gasteiger partial charge in [-0.25, -0.2) is 0 Å². The van der Waals surface area contributed by atoms with Crippen LogP contribution in [0.25, 0.3) is 0 Å². The van der Waals surface area contributed by atoms with Gasteiger partial charge in [-0.15, -0.1) is 0 Å². The van der Waals surface area contributed by atoms with E-state index in [0.717, 1.165) is 0 Å². The third-order valence-corrected chi connectivity index (χ3v) is 1.63. The minimum absolute atomic E-state index is 0.187. The molecular weight excluding hydrogens is 174 g/mol. The lowest BCUT2D eigenvalue weighted by Gasteiger charge is -2.04. The number of nitro benzene ring substituents is 1. The van der Waals surface area contributed by atoms with E-state index in [1.165, 1.54) is 12.1 Å². The quantitative estimate of drug-likeness (QED) is 0.357. The van der Waals surface area contributed by atoms with E-state index in [1.807, 2.05) is 0 Å². The third kappa shape index (κ3) is 1.74. The van der Waals surface area contributed by atoms with Crippen molar-refractivity contribution in [3.8, 4) is 0 Å². The summed E-state index contributed by atoms with van der Waals surface area (Å²) >= 11 is 0. The molecule has 1 aromatic rings. The summed E-state index contributed by atoms with van der Waals surface area (Å²) in [6.45, 7) is -0.383. The molecule has 70 valence electrons. The van der Waals surface area contributed by atoms with E-state index in [-0.39, 0.29) is 23.5 Å². The van der Waals surface area contributed by atoms with Gasteiger partial charge >= 0.3 is 0 Å². The van der Waals surface area contributed by atoms with Gasteiger partial charge in [-0.2, -0.15) is 0 Å². The first-order chi connectivity index (χ1) is 6.20. The Kier molecular flexibility index (Phi) is 2.78. The molecule has 4 N–H and O–H groups in total. The molecule has 6 heteroatoms. The number of aliphatic hydroxyl groups is 1. The Morgan fingerprint density at radius 2 is 2.31 bits per heavy atom. The molecule has 0 aliphatic rings. The van der Waals surface area contributed by atoms with E-state index in [1.54, 1.807) is 6.07 Å². The number of rotatable bonds is 3. The molecule has 0 heterocycles. The number of hydrogen-bond donors (Lipinski definition) is 3. The van der Waals surface area contributed by atoms with Crippen molar-refractivity contribution in [1.29, 1.82) is 0 Å². The first kappa shape index (κ1) is 9.43. The van der Waals surface area contributed by atoms with Gasteiger partial charge in [0.05, 0.1) is 17.1 Å². The fourth-order valence-corrected chi connectivity index (χ4v) is 1.05. The van der Waals surface area contributed by atoms with Crippen molar-refractivity contribution in [2.24, 2.45) is 5.84 Å². The lowest BCUT2D eigenvalue weighted by molar-refractivity contribution is -0.384. The second-order valence-electron chi connectivity index (χ2n) is 2.37. The van der Waals surface area contributed by atoms with Crippen LogP contribution < -0.4 is 11.3 Å². The SMILES string of the molecule is NNc1cccc(CO)c1[N+](=O)[O-]. The molecule has 6 nitrogen and oxygen atoms in total. The van der Waals surface area contributed by atoms with Crippen LogP contribution in [-0.4, -0.2) is 10.0 Å². The highest BCUT2D eigenvalue weighted by Crippen LogP contribution is 2.27. The van der Waals surface area contributed by atoms with E-state index >= 15 is 0 Å². The average molecular weight is 183 g/mol. The topological polar surface area (TPSA) is 101 Å². The van der Waals surface area contributed by atoms with Crippen LogP contribution >= 0.6 is 0 Å². The van der Waals surface area contributed by atoms with Gasteiger partial charge in [0, 0.05) is 0 Å². The number of aliphatic hydroxyl groups excluding tert-OH is 1. The number of nitrogens with one attached hydrogen (secondary N) is 1. The van der Waals surface area contributed by atoms with Gasteiger partial charge in [0.25, 0.3) is 5.69 Å². The minimum Gasteiger partial charge on any atom is -0.391 e. The summed E-state index contributed by atoms with van der Waals surface area (Å²) in [5.74, 6) is 5.08. The molecule has 0 spiro atoms. The van der Waals surface area contributed by atoms with Crippen LogP contribution in [0.4, 0.5) is 11.4 Å². The standard InChI is InChI=1S/C7H9N3O3/c8-9-6-3-1-2-5(4-11)7(6)10(12)13/h1-3,9,11H,4,8H2. The van der Waals surface area contributed by atoms with Crippen LogP contribution in [-0.2, 0) is 6.61 Å². The number of benzene rings is 1. The van der Waals surface area contributed by atoms with E-state index in [0.29, 0.717) is 0 Å². The van der Waals surface area contributed by atoms with Gasteiger partial charge in [0.2, 0.25) is 0 Å². The number of nitrogens with zero attached hydrogens (tertiary/aromatic N) is 1. The number of hydrogen-bond acceptors (Lipinski definition) is 5. The Labute approximate surface area is 74.1 Å². The molecule has 13 heavy (non-hydrogen) atoms. The molecule has 0 unspecified atom stereocenters. The fourth-order valence-electron chi connectivity index (χ4n) is 1.05. The van der Waals surface area contributed by atoms with E-state index in [2.05, 4.69) is 5.43 Å². The second-order valence-corrected chi connectivity index (χ2v) is 2.37. The predicted molar refractivity (Wildman–Crippen MR) is 46.8 cm³/mol. The largest absolute Gasteiger partial charge is 0.391 e. The normalized spacial score (nSPS) is 9.69. The zero-order valence-corrected chi connectivity index (χ0v) is 6.73. The Morgan fingerprint density at radius 3 is 2.77 bits per heavy atom. The Balaban J connectivity index is 3.29. The summed E-state index contributed by atoms with van der Waals surface area (Å²) in [6.07, 6.45) is 0. The Bertz CT molecular complexity index is 305. The molecule has 0 bridgehead atoms. The summed E-state index contributed by atoms with van der Waals surface area (Å²) < 4.78 is 0.